The van der Waals surface area contributed by atoms with Crippen molar-refractivity contribution >= 4 is 19.5 Å². The Bertz CT molecular complexity index is 209. The van der Waals surface area contributed by atoms with E-state index in [1.165, 1.54) is 32.1 Å². The normalized spacial score (nSPS) is 37.4. The Morgan fingerprint density at radius 3 is 2.21 bits per heavy atom. The van der Waals surface area contributed by atoms with Crippen LogP contribution in [-0.4, -0.2) is 11.1 Å². The Morgan fingerprint density at radius 1 is 1.29 bits per heavy atom. The monoisotopic (exact) mass is 216 g/mol. The highest BCUT2D eigenvalue weighted by Gasteiger charge is 2.40. The van der Waals surface area contributed by atoms with E-state index in [9.17, 15) is 4.79 Å². The van der Waals surface area contributed by atoms with Gasteiger partial charge in [-0.1, -0.05) is 19.8 Å². The van der Waals surface area contributed by atoms with Crippen LogP contribution in [0.3, 0.4) is 0 Å². The molecule has 2 bridgehead atoms. The maximum absolute atomic E-state index is 10.9. The van der Waals surface area contributed by atoms with Crippen LogP contribution in [0.15, 0.2) is 0 Å². The summed E-state index contributed by atoms with van der Waals surface area (Å²) < 4.78 is 0. The van der Waals surface area contributed by atoms with E-state index in [0.29, 0.717) is 5.92 Å². The van der Waals surface area contributed by atoms with E-state index in [1.807, 2.05) is 6.92 Å². The summed E-state index contributed by atoms with van der Waals surface area (Å²) in [5, 5.41) is 8.96. The second-order valence-corrected chi connectivity index (χ2v) is 4.81. The van der Waals surface area contributed by atoms with Crippen LogP contribution in [0.4, 0.5) is 0 Å². The molecule has 3 aliphatic carbocycles. The highest BCUT2D eigenvalue weighted by molar-refractivity contribution is 7.59. The molecule has 0 aromatic carbocycles. The van der Waals surface area contributed by atoms with Gasteiger partial charge in [0, 0.05) is 0 Å². The number of carboxylic acids is 1. The van der Waals surface area contributed by atoms with Crippen LogP contribution in [0.1, 0.15) is 39.0 Å². The van der Waals surface area contributed by atoms with Gasteiger partial charge in [0.2, 0.25) is 0 Å². The van der Waals surface area contributed by atoms with Crippen LogP contribution in [0.25, 0.3) is 0 Å². The topological polar surface area (TPSA) is 37.3 Å². The quantitative estimate of drug-likeness (QED) is 0.770. The summed E-state index contributed by atoms with van der Waals surface area (Å²) in [4.78, 5) is 10.9. The van der Waals surface area contributed by atoms with Gasteiger partial charge in [0.1, 0.15) is 0 Å². The molecule has 0 spiro atoms. The molecule has 0 saturated heterocycles. The Hall–Kier alpha value is -0.180. The van der Waals surface area contributed by atoms with E-state index in [2.05, 4.69) is 0 Å². The van der Waals surface area contributed by atoms with Gasteiger partial charge in [-0.2, -0.15) is 13.5 Å². The Labute approximate surface area is 92.5 Å². The van der Waals surface area contributed by atoms with Crippen molar-refractivity contribution in [2.24, 2.45) is 23.7 Å². The minimum absolute atomic E-state index is 0. The van der Waals surface area contributed by atoms with Crippen LogP contribution in [0.5, 0.6) is 0 Å². The maximum Gasteiger partial charge on any atom is 0.306 e. The van der Waals surface area contributed by atoms with Crippen molar-refractivity contribution in [2.75, 3.05) is 0 Å². The van der Waals surface area contributed by atoms with Crippen molar-refractivity contribution < 1.29 is 9.90 Å². The largest absolute Gasteiger partial charge is 0.481 e. The molecule has 0 aromatic rings. The van der Waals surface area contributed by atoms with Crippen molar-refractivity contribution in [3.8, 4) is 0 Å². The van der Waals surface area contributed by atoms with E-state index < -0.39 is 5.97 Å². The zero-order valence-electron chi connectivity index (χ0n) is 8.70. The molecule has 1 unspecified atom stereocenters. The van der Waals surface area contributed by atoms with Gasteiger partial charge in [-0.3, -0.25) is 4.79 Å². The molecule has 82 valence electrons. The zero-order valence-corrected chi connectivity index (χ0v) is 9.70. The number of hydrogen-bond donors (Lipinski definition) is 1. The Kier molecular flexibility index (Phi) is 3.87. The molecule has 3 heteroatoms. The lowest BCUT2D eigenvalue weighted by molar-refractivity contribution is -0.145. The van der Waals surface area contributed by atoms with Gasteiger partial charge in [-0.25, -0.2) is 0 Å². The van der Waals surface area contributed by atoms with Gasteiger partial charge in [-0.05, 0) is 37.0 Å². The molecule has 1 N–H and O–H groups in total. The molecule has 0 radical (unpaired) electrons. The fraction of sp³-hybridized carbons (Fsp3) is 0.909. The summed E-state index contributed by atoms with van der Waals surface area (Å²) in [6.07, 6.45) is 6.46. The second-order valence-electron chi connectivity index (χ2n) is 4.81. The summed E-state index contributed by atoms with van der Waals surface area (Å²) in [7, 11) is 0. The van der Waals surface area contributed by atoms with E-state index in [-0.39, 0.29) is 19.4 Å². The molecule has 3 rings (SSSR count). The first-order valence-electron chi connectivity index (χ1n) is 5.41. The van der Waals surface area contributed by atoms with E-state index in [1.54, 1.807) is 0 Å². The average Bonchev–Trinajstić information content (AvgIpc) is 2.18. The van der Waals surface area contributed by atoms with Crippen LogP contribution in [0, 0.1) is 23.7 Å². The van der Waals surface area contributed by atoms with E-state index in [0.717, 1.165) is 11.8 Å². The number of carboxylic acid groups (broad SMARTS) is 1. The van der Waals surface area contributed by atoms with Crippen LogP contribution in [-0.2, 0) is 4.79 Å². The summed E-state index contributed by atoms with van der Waals surface area (Å²) in [5.41, 5.74) is 0. The van der Waals surface area contributed by atoms with E-state index in [4.69, 9.17) is 5.11 Å². The zero-order chi connectivity index (χ0) is 9.42. The Morgan fingerprint density at radius 2 is 1.86 bits per heavy atom. The molecule has 14 heavy (non-hydrogen) atoms. The fourth-order valence-corrected chi connectivity index (χ4v) is 3.22. The van der Waals surface area contributed by atoms with Gasteiger partial charge in [0.25, 0.3) is 0 Å². The molecule has 3 aliphatic rings. The van der Waals surface area contributed by atoms with Crippen molar-refractivity contribution in [1.29, 1.82) is 0 Å². The first-order valence-corrected chi connectivity index (χ1v) is 5.41. The first-order chi connectivity index (χ1) is 6.18. The third kappa shape index (κ3) is 2.08. The van der Waals surface area contributed by atoms with Gasteiger partial charge < -0.3 is 5.11 Å². The molecule has 2 atom stereocenters. The van der Waals surface area contributed by atoms with Crippen molar-refractivity contribution in [3.63, 3.8) is 0 Å². The summed E-state index contributed by atoms with van der Waals surface area (Å²) in [6, 6.07) is 0. The third-order valence-corrected chi connectivity index (χ3v) is 4.13. The summed E-state index contributed by atoms with van der Waals surface area (Å²) >= 11 is 0. The van der Waals surface area contributed by atoms with Crippen molar-refractivity contribution in [3.05, 3.63) is 0 Å². The molecule has 0 aromatic heterocycles. The number of rotatable bonds is 2. The standard InChI is InChI=1S/C11H18O2.H2S/c1-7(11(12)13)10-6-8-2-4-9(10)5-3-8;/h7-10H,2-6H2,1H3,(H,12,13);1H2/t7-,8?,9?,10?;/m0./s1. The summed E-state index contributed by atoms with van der Waals surface area (Å²) in [5.74, 6) is 1.32. The maximum atomic E-state index is 10.9. The molecule has 3 fully saturated rings. The lowest BCUT2D eigenvalue weighted by Gasteiger charge is -2.44. The van der Waals surface area contributed by atoms with Gasteiger partial charge in [0.15, 0.2) is 0 Å². The predicted octanol–water partition coefficient (Wildman–Crippen LogP) is 2.65. The molecule has 0 heterocycles. The number of fused-ring (bicyclic) bond motifs is 3. The predicted molar refractivity (Wildman–Crippen MR) is 60.7 cm³/mol. The SMILES string of the molecule is C[C@H](C(=O)O)C1CC2CCC1CC2.S. The van der Waals surface area contributed by atoms with E-state index >= 15 is 0 Å². The van der Waals surface area contributed by atoms with Crippen molar-refractivity contribution in [2.45, 2.75) is 39.0 Å². The highest BCUT2D eigenvalue weighted by Crippen LogP contribution is 2.47. The second kappa shape index (κ2) is 4.56. The Balaban J connectivity index is 0.000000980. The van der Waals surface area contributed by atoms with Gasteiger partial charge in [-0.15, -0.1) is 0 Å². The lowest BCUT2D eigenvalue weighted by Crippen LogP contribution is -2.37. The molecule has 0 aliphatic heterocycles. The molecule has 3 saturated carbocycles. The molecular weight excluding hydrogens is 196 g/mol. The van der Waals surface area contributed by atoms with Gasteiger partial charge in [0.05, 0.1) is 5.92 Å². The fourth-order valence-electron chi connectivity index (χ4n) is 3.22. The number of aliphatic carboxylic acids is 1. The first kappa shape index (κ1) is 11.9. The van der Waals surface area contributed by atoms with Crippen LogP contribution >= 0.6 is 13.5 Å². The minimum Gasteiger partial charge on any atom is -0.481 e. The average molecular weight is 216 g/mol. The molecular formula is C11H20O2S. The smallest absolute Gasteiger partial charge is 0.306 e. The van der Waals surface area contributed by atoms with Crippen LogP contribution in [0.2, 0.25) is 0 Å². The minimum atomic E-state index is -0.599. The summed E-state index contributed by atoms with van der Waals surface area (Å²) in [6.45, 7) is 1.88. The molecule has 2 nitrogen and oxygen atoms in total. The lowest BCUT2D eigenvalue weighted by atomic mass is 9.61. The molecule has 0 amide bonds. The van der Waals surface area contributed by atoms with Gasteiger partial charge >= 0.3 is 5.97 Å². The van der Waals surface area contributed by atoms with Crippen LogP contribution < -0.4 is 0 Å². The number of carbonyl (C=O) groups is 1. The van der Waals surface area contributed by atoms with Crippen molar-refractivity contribution in [1.82, 2.24) is 0 Å². The number of hydrogen-bond acceptors (Lipinski definition) is 1. The highest BCUT2D eigenvalue weighted by atomic mass is 32.1. The third-order valence-electron chi connectivity index (χ3n) is 4.13.